The molecule has 2 aromatic carbocycles. The number of benzene rings is 2. The Bertz CT molecular complexity index is 908. The first-order valence-corrected chi connectivity index (χ1v) is 8.96. The molecule has 134 valence electrons. The average Bonchev–Trinajstić information content (AvgIpc) is 3.17. The number of ether oxygens (including phenoxy) is 3. The quantitative estimate of drug-likeness (QED) is 0.565. The minimum Gasteiger partial charge on any atom is -0.493 e. The number of carbonyl (C=O) groups is 1. The highest BCUT2D eigenvalue weighted by Gasteiger charge is 2.14. The number of aromatic nitrogens is 1. The first-order valence-electron chi connectivity index (χ1n) is 7.70. The summed E-state index contributed by atoms with van der Waals surface area (Å²) in [6, 6.07) is 13.0. The zero-order chi connectivity index (χ0) is 18.5. The molecule has 0 amide bonds. The fourth-order valence-electron chi connectivity index (χ4n) is 2.27. The van der Waals surface area contributed by atoms with Gasteiger partial charge in [0.2, 0.25) is 0 Å². The number of halogens is 1. The van der Waals surface area contributed by atoms with E-state index in [1.165, 1.54) is 18.4 Å². The normalized spacial score (nSPS) is 10.4. The highest BCUT2D eigenvalue weighted by Crippen LogP contribution is 2.34. The largest absolute Gasteiger partial charge is 0.493 e. The lowest BCUT2D eigenvalue weighted by atomic mass is 10.2. The van der Waals surface area contributed by atoms with Crippen molar-refractivity contribution in [2.24, 2.45) is 0 Å². The van der Waals surface area contributed by atoms with Crippen molar-refractivity contribution in [2.75, 3.05) is 14.2 Å². The van der Waals surface area contributed by atoms with Gasteiger partial charge in [-0.25, -0.2) is 9.78 Å². The van der Waals surface area contributed by atoms with Gasteiger partial charge in [-0.3, -0.25) is 0 Å². The summed E-state index contributed by atoms with van der Waals surface area (Å²) in [7, 11) is 2.91. The van der Waals surface area contributed by atoms with Crippen molar-refractivity contribution in [3.05, 3.63) is 64.1 Å². The summed E-state index contributed by atoms with van der Waals surface area (Å²) >= 11 is 7.25. The lowest BCUT2D eigenvalue weighted by Crippen LogP contribution is -2.01. The second kappa shape index (κ2) is 8.21. The van der Waals surface area contributed by atoms with Gasteiger partial charge in [-0.1, -0.05) is 23.7 Å². The molecule has 5 nitrogen and oxygen atoms in total. The van der Waals surface area contributed by atoms with E-state index in [-0.39, 0.29) is 5.69 Å². The number of hydrogen-bond donors (Lipinski definition) is 0. The van der Waals surface area contributed by atoms with E-state index < -0.39 is 5.97 Å². The predicted molar refractivity (Wildman–Crippen MR) is 101 cm³/mol. The Balaban J connectivity index is 1.78. The van der Waals surface area contributed by atoms with Gasteiger partial charge in [0.25, 0.3) is 0 Å². The van der Waals surface area contributed by atoms with E-state index in [0.717, 1.165) is 11.1 Å². The van der Waals surface area contributed by atoms with E-state index in [1.54, 1.807) is 12.5 Å². The summed E-state index contributed by atoms with van der Waals surface area (Å²) in [5, 5.41) is 3.05. The molecule has 0 saturated carbocycles. The van der Waals surface area contributed by atoms with Crippen LogP contribution in [0.15, 0.2) is 47.8 Å². The van der Waals surface area contributed by atoms with Crippen molar-refractivity contribution < 1.29 is 19.0 Å². The Labute approximate surface area is 160 Å². The van der Waals surface area contributed by atoms with Crippen molar-refractivity contribution in [2.45, 2.75) is 6.61 Å². The van der Waals surface area contributed by atoms with Crippen molar-refractivity contribution in [1.29, 1.82) is 0 Å². The summed E-state index contributed by atoms with van der Waals surface area (Å²) in [5.41, 5.74) is 2.12. The Hall–Kier alpha value is -2.57. The van der Waals surface area contributed by atoms with Crippen molar-refractivity contribution in [3.63, 3.8) is 0 Å². The number of nitrogens with zero attached hydrogens (tertiary/aromatic N) is 1. The third kappa shape index (κ3) is 4.15. The van der Waals surface area contributed by atoms with Crippen LogP contribution in [0.3, 0.4) is 0 Å². The maximum absolute atomic E-state index is 11.5. The van der Waals surface area contributed by atoms with Crippen molar-refractivity contribution >= 4 is 28.9 Å². The molecule has 0 fully saturated rings. The Morgan fingerprint density at radius 1 is 1.12 bits per heavy atom. The van der Waals surface area contributed by atoms with E-state index in [1.807, 2.05) is 42.5 Å². The van der Waals surface area contributed by atoms with Crippen molar-refractivity contribution in [1.82, 2.24) is 4.98 Å². The van der Waals surface area contributed by atoms with Crippen molar-refractivity contribution in [3.8, 4) is 22.1 Å². The maximum atomic E-state index is 11.5. The smallest absolute Gasteiger partial charge is 0.357 e. The van der Waals surface area contributed by atoms with Gasteiger partial charge in [-0.05, 0) is 35.9 Å². The number of hydrogen-bond acceptors (Lipinski definition) is 6. The van der Waals surface area contributed by atoms with E-state index in [4.69, 9.17) is 21.1 Å². The fraction of sp³-hybridized carbons (Fsp3) is 0.158. The lowest BCUT2D eigenvalue weighted by Gasteiger charge is -2.12. The number of methoxy groups -OCH3 is 2. The molecule has 0 spiro atoms. The van der Waals surface area contributed by atoms with Crippen LogP contribution < -0.4 is 9.47 Å². The van der Waals surface area contributed by atoms with Crippen LogP contribution in [0.1, 0.15) is 16.1 Å². The Morgan fingerprint density at radius 2 is 1.88 bits per heavy atom. The Morgan fingerprint density at radius 3 is 2.58 bits per heavy atom. The monoisotopic (exact) mass is 389 g/mol. The third-order valence-electron chi connectivity index (χ3n) is 3.62. The van der Waals surface area contributed by atoms with Gasteiger partial charge in [-0.2, -0.15) is 0 Å². The van der Waals surface area contributed by atoms with Crippen LogP contribution in [0, 0.1) is 0 Å². The molecule has 0 N–H and O–H groups in total. The van der Waals surface area contributed by atoms with E-state index >= 15 is 0 Å². The van der Waals surface area contributed by atoms with Crippen LogP contribution in [-0.2, 0) is 11.3 Å². The molecule has 7 heteroatoms. The second-order valence-corrected chi connectivity index (χ2v) is 6.60. The highest BCUT2D eigenvalue weighted by atomic mass is 35.5. The molecule has 26 heavy (non-hydrogen) atoms. The minimum absolute atomic E-state index is 0.287. The topological polar surface area (TPSA) is 57.7 Å². The standard InChI is InChI=1S/C19H16ClNO4S/c1-23-17-9-13(18-21-15(11-26-18)19(22)24-2)5-8-16(17)25-10-12-3-6-14(20)7-4-12/h3-9,11H,10H2,1-2H3. The molecule has 1 aromatic heterocycles. The van der Waals surface area contributed by atoms with Gasteiger partial charge < -0.3 is 14.2 Å². The summed E-state index contributed by atoms with van der Waals surface area (Å²) in [4.78, 5) is 15.8. The van der Waals surface area contributed by atoms with E-state index in [9.17, 15) is 4.79 Å². The minimum atomic E-state index is -0.456. The molecule has 3 rings (SSSR count). The molecular weight excluding hydrogens is 374 g/mol. The van der Waals surface area contributed by atoms with E-state index in [0.29, 0.717) is 28.1 Å². The lowest BCUT2D eigenvalue weighted by molar-refractivity contribution is 0.0595. The maximum Gasteiger partial charge on any atom is 0.357 e. The van der Waals surface area contributed by atoms with Crippen LogP contribution in [0.4, 0.5) is 0 Å². The molecule has 0 saturated heterocycles. The molecule has 0 aliphatic heterocycles. The first-order chi connectivity index (χ1) is 12.6. The Kier molecular flexibility index (Phi) is 5.75. The van der Waals surface area contributed by atoms with Crippen LogP contribution in [-0.4, -0.2) is 25.2 Å². The van der Waals surface area contributed by atoms with Gasteiger partial charge in [0.1, 0.15) is 11.6 Å². The third-order valence-corrected chi connectivity index (χ3v) is 4.76. The van der Waals surface area contributed by atoms with Gasteiger partial charge in [0.05, 0.1) is 14.2 Å². The molecule has 1 heterocycles. The molecule has 0 aliphatic rings. The fourth-order valence-corrected chi connectivity index (χ4v) is 3.18. The zero-order valence-electron chi connectivity index (χ0n) is 14.2. The van der Waals surface area contributed by atoms with Gasteiger partial charge in [0.15, 0.2) is 17.2 Å². The zero-order valence-corrected chi connectivity index (χ0v) is 15.8. The summed E-state index contributed by atoms with van der Waals surface area (Å²) < 4.78 is 16.0. The first kappa shape index (κ1) is 18.2. The summed E-state index contributed by atoms with van der Waals surface area (Å²) in [6.45, 7) is 0.399. The summed E-state index contributed by atoms with van der Waals surface area (Å²) in [5.74, 6) is 0.754. The van der Waals surface area contributed by atoms with E-state index in [2.05, 4.69) is 9.72 Å². The molecule has 0 aliphatic carbocycles. The summed E-state index contributed by atoms with van der Waals surface area (Å²) in [6.07, 6.45) is 0. The number of esters is 1. The van der Waals surface area contributed by atoms with Crippen LogP contribution in [0.25, 0.3) is 10.6 Å². The molecular formula is C19H16ClNO4S. The van der Waals surface area contributed by atoms with Gasteiger partial charge >= 0.3 is 5.97 Å². The molecule has 0 atom stereocenters. The number of carbonyl (C=O) groups excluding carboxylic acids is 1. The molecule has 0 radical (unpaired) electrons. The van der Waals surface area contributed by atoms with Gasteiger partial charge in [0, 0.05) is 16.0 Å². The highest BCUT2D eigenvalue weighted by molar-refractivity contribution is 7.13. The number of rotatable bonds is 6. The van der Waals surface area contributed by atoms with Crippen LogP contribution >= 0.6 is 22.9 Å². The van der Waals surface area contributed by atoms with Crippen LogP contribution in [0.5, 0.6) is 11.5 Å². The molecule has 0 bridgehead atoms. The number of thiazole rings is 1. The van der Waals surface area contributed by atoms with Crippen LogP contribution in [0.2, 0.25) is 5.02 Å². The predicted octanol–water partition coefficient (Wildman–Crippen LogP) is 4.84. The second-order valence-electron chi connectivity index (χ2n) is 5.31. The van der Waals surface area contributed by atoms with Gasteiger partial charge in [-0.15, -0.1) is 11.3 Å². The molecule has 3 aromatic rings. The SMILES string of the molecule is COC(=O)c1csc(-c2ccc(OCc3ccc(Cl)cc3)c(OC)c2)n1. The molecule has 0 unspecified atom stereocenters. The average molecular weight is 390 g/mol.